The summed E-state index contributed by atoms with van der Waals surface area (Å²) in [5.41, 5.74) is -1.62. The lowest BCUT2D eigenvalue weighted by atomic mass is 9.44. The molecule has 3 aliphatic carbocycles. The number of esters is 3. The lowest BCUT2D eigenvalue weighted by Crippen LogP contribution is -2.82. The minimum Gasteiger partial charge on any atom is -0.455 e. The normalized spacial score (nSPS) is 31.8. The molecule has 3 fully saturated rings. The molecule has 0 aromatic heterocycles. The zero-order chi connectivity index (χ0) is 46.4. The number of ether oxygens (including phenoxy) is 8. The quantitative estimate of drug-likeness (QED) is 0.158. The average Bonchev–Trinajstić information content (AvgIpc) is 3.20. The molecule has 11 unspecified atom stereocenters. The predicted molar refractivity (Wildman–Crippen MR) is 222 cm³/mol. The van der Waals surface area contributed by atoms with E-state index in [-0.39, 0.29) is 24.2 Å². The maximum atomic E-state index is 15.6. The second kappa shape index (κ2) is 17.3. The van der Waals surface area contributed by atoms with Gasteiger partial charge in [-0.05, 0) is 63.5 Å². The van der Waals surface area contributed by atoms with Gasteiger partial charge in [0.2, 0.25) is 6.10 Å². The Bertz CT molecular complexity index is 2140. The lowest BCUT2D eigenvalue weighted by Gasteiger charge is -2.67. The number of aliphatic hydroxyl groups is 1. The van der Waals surface area contributed by atoms with Crippen molar-refractivity contribution in [2.45, 2.75) is 128 Å². The van der Waals surface area contributed by atoms with E-state index in [0.29, 0.717) is 11.1 Å². The fraction of sp³-hybridized carbons (Fsp3) is 0.565. The van der Waals surface area contributed by atoms with Crippen LogP contribution in [0.1, 0.15) is 90.2 Å². The van der Waals surface area contributed by atoms with Crippen molar-refractivity contribution in [1.29, 1.82) is 0 Å². The summed E-state index contributed by atoms with van der Waals surface area (Å²) in [4.78, 5) is 83.5. The number of alkyl carbamates (subject to hydrolysis) is 1. The van der Waals surface area contributed by atoms with Gasteiger partial charge in [0.1, 0.15) is 41.7 Å². The Morgan fingerprint density at radius 3 is 2.08 bits per heavy atom. The third-order valence-electron chi connectivity index (χ3n) is 13.3. The smallest absolute Gasteiger partial charge is 0.408 e. The van der Waals surface area contributed by atoms with Crippen molar-refractivity contribution in [2.24, 2.45) is 22.5 Å². The number of primary amides is 1. The Labute approximate surface area is 366 Å². The van der Waals surface area contributed by atoms with Crippen LogP contribution in [0.3, 0.4) is 0 Å². The molecule has 0 radical (unpaired) electrons. The second-order valence-electron chi connectivity index (χ2n) is 18.4. The van der Waals surface area contributed by atoms with E-state index < -0.39 is 119 Å². The summed E-state index contributed by atoms with van der Waals surface area (Å²) in [6.45, 7) is 12.5. The molecule has 1 aliphatic heterocycles. The number of benzene rings is 2. The van der Waals surface area contributed by atoms with Crippen molar-refractivity contribution in [2.75, 3.05) is 20.8 Å². The van der Waals surface area contributed by atoms with Crippen LogP contribution >= 0.6 is 0 Å². The van der Waals surface area contributed by atoms with Crippen LogP contribution in [0.25, 0.3) is 0 Å². The average molecular weight is 879 g/mol. The number of rotatable bonds is 11. The number of hydrogen-bond donors (Lipinski definition) is 3. The van der Waals surface area contributed by atoms with Crippen LogP contribution in [0.15, 0.2) is 71.8 Å². The van der Waals surface area contributed by atoms with Crippen LogP contribution < -0.4 is 11.1 Å². The van der Waals surface area contributed by atoms with E-state index in [1.165, 1.54) is 33.3 Å². The molecule has 1 saturated heterocycles. The molecule has 342 valence electrons. The van der Waals surface area contributed by atoms with Crippen molar-refractivity contribution in [3.63, 3.8) is 0 Å². The Hall–Kier alpha value is -5.36. The van der Waals surface area contributed by atoms with Gasteiger partial charge in [-0.1, -0.05) is 62.4 Å². The first-order valence-corrected chi connectivity index (χ1v) is 20.8. The second-order valence-corrected chi connectivity index (χ2v) is 18.4. The van der Waals surface area contributed by atoms with Crippen LogP contribution in [-0.4, -0.2) is 115 Å². The Kier molecular flexibility index (Phi) is 13.0. The SMILES string of the molecule is COC1C(=O)C2(C)C(OC)CC3OCC3(OC(C)=O)C2C(OC(=O)c2ccccc2)C2(O)CC(OC(=O)C(OC(N)=O)C(NC(=O)OC(C)(C)C)c3ccccc3)C(C)=C1C2(C)C. The van der Waals surface area contributed by atoms with Gasteiger partial charge in [0, 0.05) is 39.4 Å². The molecule has 17 heteroatoms. The van der Waals surface area contributed by atoms with Crippen molar-refractivity contribution >= 4 is 35.9 Å². The first-order valence-electron chi connectivity index (χ1n) is 20.8. The molecule has 2 bridgehead atoms. The Morgan fingerprint density at radius 2 is 1.56 bits per heavy atom. The monoisotopic (exact) mass is 878 g/mol. The van der Waals surface area contributed by atoms with E-state index in [0.717, 1.165) is 0 Å². The van der Waals surface area contributed by atoms with Gasteiger partial charge in [-0.3, -0.25) is 9.59 Å². The molecule has 2 saturated carbocycles. The number of Topliss-reactive ketones (excluding diaryl/α,β-unsaturated/α-hetero) is 1. The van der Waals surface area contributed by atoms with Gasteiger partial charge in [0.25, 0.3) is 0 Å². The fourth-order valence-electron chi connectivity index (χ4n) is 10.3. The molecular formula is C46H58N2O15. The largest absolute Gasteiger partial charge is 0.455 e. The molecule has 2 aromatic rings. The molecule has 4 N–H and O–H groups in total. The summed E-state index contributed by atoms with van der Waals surface area (Å²) < 4.78 is 48.0. The molecular weight excluding hydrogens is 821 g/mol. The number of methoxy groups -OCH3 is 2. The van der Waals surface area contributed by atoms with E-state index in [9.17, 15) is 29.1 Å². The number of amides is 2. The van der Waals surface area contributed by atoms with Crippen LogP contribution in [-0.2, 0) is 52.3 Å². The minimum absolute atomic E-state index is 0.0968. The highest BCUT2D eigenvalue weighted by Gasteiger charge is 2.78. The molecule has 1 heterocycles. The summed E-state index contributed by atoms with van der Waals surface area (Å²) in [7, 11) is 2.75. The summed E-state index contributed by atoms with van der Waals surface area (Å²) >= 11 is 0. The van der Waals surface area contributed by atoms with Crippen LogP contribution in [0.2, 0.25) is 0 Å². The number of fused-ring (bicyclic) bond motifs is 5. The number of carbonyl (C=O) groups is 6. The van der Waals surface area contributed by atoms with E-state index in [1.54, 1.807) is 97.0 Å². The first-order chi connectivity index (χ1) is 29.5. The van der Waals surface area contributed by atoms with Gasteiger partial charge in [0.15, 0.2) is 11.4 Å². The number of carbonyl (C=O) groups excluding carboxylic acids is 6. The van der Waals surface area contributed by atoms with E-state index in [2.05, 4.69) is 5.32 Å². The molecule has 11 atom stereocenters. The topological polar surface area (TPSA) is 235 Å². The summed E-state index contributed by atoms with van der Waals surface area (Å²) in [6.07, 6.45) is -11.0. The maximum absolute atomic E-state index is 15.6. The fourth-order valence-corrected chi connectivity index (χ4v) is 10.3. The number of nitrogens with two attached hydrogens (primary N) is 1. The molecule has 0 spiro atoms. The summed E-state index contributed by atoms with van der Waals surface area (Å²) in [5.74, 6) is -4.68. The molecule has 6 rings (SSSR count). The van der Waals surface area contributed by atoms with Gasteiger partial charge in [-0.15, -0.1) is 0 Å². The Morgan fingerprint density at radius 1 is 0.937 bits per heavy atom. The van der Waals surface area contributed by atoms with Crippen LogP contribution in [0.4, 0.5) is 9.59 Å². The van der Waals surface area contributed by atoms with E-state index >= 15 is 4.79 Å². The van der Waals surface area contributed by atoms with Gasteiger partial charge in [-0.2, -0.15) is 0 Å². The van der Waals surface area contributed by atoms with Crippen LogP contribution in [0.5, 0.6) is 0 Å². The van der Waals surface area contributed by atoms with Gasteiger partial charge >= 0.3 is 30.1 Å². The first kappa shape index (κ1) is 47.1. The van der Waals surface area contributed by atoms with Crippen molar-refractivity contribution in [1.82, 2.24) is 5.32 Å². The molecule has 2 aromatic carbocycles. The van der Waals surface area contributed by atoms with E-state index in [1.807, 2.05) is 0 Å². The number of ketones is 1. The maximum Gasteiger partial charge on any atom is 0.408 e. The van der Waals surface area contributed by atoms with Crippen LogP contribution in [0, 0.1) is 16.7 Å². The predicted octanol–water partition coefficient (Wildman–Crippen LogP) is 4.67. The summed E-state index contributed by atoms with van der Waals surface area (Å²) in [5, 5.41) is 16.4. The highest BCUT2D eigenvalue weighted by atomic mass is 16.6. The molecule has 17 nitrogen and oxygen atoms in total. The lowest BCUT2D eigenvalue weighted by molar-refractivity contribution is -0.347. The third kappa shape index (κ3) is 8.31. The zero-order valence-corrected chi connectivity index (χ0v) is 37.3. The molecule has 2 amide bonds. The van der Waals surface area contributed by atoms with Crippen molar-refractivity contribution in [3.05, 3.63) is 82.9 Å². The van der Waals surface area contributed by atoms with Gasteiger partial charge in [0.05, 0.1) is 29.6 Å². The highest BCUT2D eigenvalue weighted by Crippen LogP contribution is 2.64. The number of nitrogens with one attached hydrogen (secondary N) is 1. The zero-order valence-electron chi connectivity index (χ0n) is 37.3. The molecule has 63 heavy (non-hydrogen) atoms. The Balaban J connectivity index is 1.55. The standard InChI is InChI=1S/C46H58N2O15/c1-24-28(59-39(52)34(60-40(47)53)32(26-17-13-11-14-18-26)48-41(54)63-42(3,4)5)22-46(55)37(61-38(51)27-19-15-12-16-20-27)35-44(8,36(50)33(57-10)31(24)43(46,6)7)29(56-9)21-30-45(35,23-58-30)62-25(2)49/h11-20,28-30,32-35,37,55H,21-23H2,1-10H3,(H2,47,53)(H,48,54). The van der Waals surface area contributed by atoms with E-state index in [4.69, 9.17) is 43.6 Å². The third-order valence-corrected chi connectivity index (χ3v) is 13.3. The van der Waals surface area contributed by atoms with Crippen molar-refractivity contribution in [3.8, 4) is 0 Å². The van der Waals surface area contributed by atoms with Gasteiger partial charge < -0.3 is 54.1 Å². The molecule has 4 aliphatic rings. The van der Waals surface area contributed by atoms with Gasteiger partial charge in [-0.25, -0.2) is 19.2 Å². The van der Waals surface area contributed by atoms with Crippen molar-refractivity contribution < 1.29 is 71.8 Å². The minimum atomic E-state index is -2.28. The highest BCUT2D eigenvalue weighted by molar-refractivity contribution is 5.94. The summed E-state index contributed by atoms with van der Waals surface area (Å²) in [6, 6.07) is 14.7. The number of hydrogen-bond acceptors (Lipinski definition) is 15.